The van der Waals surface area contributed by atoms with Crippen LogP contribution in [0.1, 0.15) is 19.5 Å². The van der Waals surface area contributed by atoms with Crippen molar-refractivity contribution in [3.05, 3.63) is 18.2 Å². The van der Waals surface area contributed by atoms with Gasteiger partial charge in [-0.15, -0.1) is 0 Å². The van der Waals surface area contributed by atoms with Crippen molar-refractivity contribution in [1.82, 2.24) is 14.5 Å². The Balaban J connectivity index is 1.98. The number of hydrogen-bond acceptors (Lipinski definition) is 4. The molecule has 1 saturated heterocycles. The maximum absolute atomic E-state index is 9.18. The molecule has 0 spiro atoms. The number of nitrogens with zero attached hydrogens (tertiary/aromatic N) is 3. The zero-order valence-electron chi connectivity index (χ0n) is 10.5. The molecule has 0 saturated carbocycles. The first-order valence-electron chi connectivity index (χ1n) is 6.20. The molecule has 1 aromatic heterocycles. The van der Waals surface area contributed by atoms with Gasteiger partial charge in [-0.2, -0.15) is 0 Å². The van der Waals surface area contributed by atoms with Crippen LogP contribution >= 0.6 is 0 Å². The number of aliphatic hydroxyl groups excluding tert-OH is 1. The highest BCUT2D eigenvalue weighted by Crippen LogP contribution is 2.14. The Hall–Kier alpha value is -0.910. The molecule has 0 aromatic carbocycles. The third kappa shape index (κ3) is 3.06. The molecule has 0 aliphatic carbocycles. The van der Waals surface area contributed by atoms with E-state index in [4.69, 9.17) is 4.74 Å². The van der Waals surface area contributed by atoms with Gasteiger partial charge in [0.15, 0.2) is 0 Å². The van der Waals surface area contributed by atoms with E-state index in [2.05, 4.69) is 21.4 Å². The molecule has 1 aliphatic rings. The van der Waals surface area contributed by atoms with Crippen LogP contribution in [0.3, 0.4) is 0 Å². The van der Waals surface area contributed by atoms with Crippen molar-refractivity contribution < 1.29 is 9.84 Å². The fraction of sp³-hybridized carbons (Fsp3) is 0.750. The Bertz CT molecular complexity index is 353. The Morgan fingerprint density at radius 1 is 1.53 bits per heavy atom. The minimum atomic E-state index is -0.0586. The van der Waals surface area contributed by atoms with E-state index in [0.29, 0.717) is 0 Å². The average Bonchev–Trinajstić information content (AvgIpc) is 2.75. The van der Waals surface area contributed by atoms with Crippen LogP contribution in [0.25, 0.3) is 0 Å². The largest absolute Gasteiger partial charge is 0.394 e. The summed E-state index contributed by atoms with van der Waals surface area (Å²) >= 11 is 0. The van der Waals surface area contributed by atoms with Crippen LogP contribution in [0.2, 0.25) is 0 Å². The number of aryl methyl sites for hydroxylation is 1. The van der Waals surface area contributed by atoms with Crippen LogP contribution < -0.4 is 0 Å². The first kappa shape index (κ1) is 12.5. The summed E-state index contributed by atoms with van der Waals surface area (Å²) in [5, 5.41) is 9.18. The van der Waals surface area contributed by atoms with Gasteiger partial charge < -0.3 is 14.4 Å². The predicted molar refractivity (Wildman–Crippen MR) is 64.6 cm³/mol. The van der Waals surface area contributed by atoms with Gasteiger partial charge in [-0.3, -0.25) is 4.90 Å². The van der Waals surface area contributed by atoms with E-state index in [9.17, 15) is 5.11 Å². The van der Waals surface area contributed by atoms with Crippen LogP contribution in [0, 0.1) is 0 Å². The molecule has 5 heteroatoms. The fourth-order valence-electron chi connectivity index (χ4n) is 2.36. The molecule has 1 fully saturated rings. The lowest BCUT2D eigenvalue weighted by Crippen LogP contribution is -2.47. The molecule has 1 aliphatic heterocycles. The highest BCUT2D eigenvalue weighted by molar-refractivity contribution is 4.98. The van der Waals surface area contributed by atoms with Gasteiger partial charge in [0, 0.05) is 32.4 Å². The molecule has 0 radical (unpaired) electrons. The van der Waals surface area contributed by atoms with Gasteiger partial charge in [-0.25, -0.2) is 4.98 Å². The SMILES string of the molecule is CCn1cncc1CN1CC(C)OC(CO)C1. The zero-order valence-corrected chi connectivity index (χ0v) is 10.5. The maximum atomic E-state index is 9.18. The molecule has 2 rings (SSSR count). The monoisotopic (exact) mass is 239 g/mol. The fourth-order valence-corrected chi connectivity index (χ4v) is 2.36. The zero-order chi connectivity index (χ0) is 12.3. The normalized spacial score (nSPS) is 26.3. The van der Waals surface area contributed by atoms with Crippen molar-refractivity contribution in [2.45, 2.75) is 39.1 Å². The summed E-state index contributed by atoms with van der Waals surface area (Å²) in [6.07, 6.45) is 3.90. The molecule has 1 N–H and O–H groups in total. The van der Waals surface area contributed by atoms with Crippen LogP contribution in [0.4, 0.5) is 0 Å². The lowest BCUT2D eigenvalue weighted by atomic mass is 10.2. The summed E-state index contributed by atoms with van der Waals surface area (Å²) in [7, 11) is 0. The molecule has 1 aromatic rings. The van der Waals surface area contributed by atoms with Crippen molar-refractivity contribution in [3.63, 3.8) is 0 Å². The Morgan fingerprint density at radius 3 is 3.06 bits per heavy atom. The molecule has 2 atom stereocenters. The molecular weight excluding hydrogens is 218 g/mol. The quantitative estimate of drug-likeness (QED) is 0.830. The number of hydrogen-bond donors (Lipinski definition) is 1. The van der Waals surface area contributed by atoms with Gasteiger partial charge in [0.1, 0.15) is 0 Å². The molecule has 5 nitrogen and oxygen atoms in total. The van der Waals surface area contributed by atoms with Gasteiger partial charge >= 0.3 is 0 Å². The summed E-state index contributed by atoms with van der Waals surface area (Å²) in [4.78, 5) is 6.49. The lowest BCUT2D eigenvalue weighted by Gasteiger charge is -2.36. The number of aliphatic hydroxyl groups is 1. The van der Waals surface area contributed by atoms with E-state index >= 15 is 0 Å². The standard InChI is InChI=1S/C12H21N3O2/c1-3-15-9-13-4-11(15)6-14-5-10(2)17-12(7-14)8-16/h4,9-10,12,16H,3,5-8H2,1-2H3. The van der Waals surface area contributed by atoms with Gasteiger partial charge in [0.25, 0.3) is 0 Å². The first-order valence-corrected chi connectivity index (χ1v) is 6.20. The molecule has 96 valence electrons. The van der Waals surface area contributed by atoms with E-state index < -0.39 is 0 Å². The van der Waals surface area contributed by atoms with Crippen LogP contribution in [0.15, 0.2) is 12.5 Å². The third-order valence-corrected chi connectivity index (χ3v) is 3.13. The average molecular weight is 239 g/mol. The lowest BCUT2D eigenvalue weighted by molar-refractivity contribution is -0.0976. The number of imidazole rings is 1. The van der Waals surface area contributed by atoms with Crippen LogP contribution in [0.5, 0.6) is 0 Å². The molecule has 2 unspecified atom stereocenters. The predicted octanol–water partition coefficient (Wildman–Crippen LogP) is 0.485. The highest BCUT2D eigenvalue weighted by atomic mass is 16.5. The number of ether oxygens (including phenoxy) is 1. The summed E-state index contributed by atoms with van der Waals surface area (Å²) in [6, 6.07) is 0. The van der Waals surface area contributed by atoms with Gasteiger partial charge in [0.2, 0.25) is 0 Å². The summed E-state index contributed by atoms with van der Waals surface area (Å²) in [5.41, 5.74) is 1.22. The Labute approximate surface area is 102 Å². The number of morpholine rings is 1. The molecule has 0 bridgehead atoms. The van der Waals surface area contributed by atoms with E-state index in [-0.39, 0.29) is 18.8 Å². The second-order valence-corrected chi connectivity index (χ2v) is 4.62. The van der Waals surface area contributed by atoms with Crippen molar-refractivity contribution in [1.29, 1.82) is 0 Å². The summed E-state index contributed by atoms with van der Waals surface area (Å²) in [5.74, 6) is 0. The minimum absolute atomic E-state index is 0.0586. The Morgan fingerprint density at radius 2 is 2.35 bits per heavy atom. The second-order valence-electron chi connectivity index (χ2n) is 4.62. The van der Waals surface area contributed by atoms with Crippen LogP contribution in [-0.2, 0) is 17.8 Å². The number of rotatable bonds is 4. The molecule has 0 amide bonds. The second kappa shape index (κ2) is 5.62. The molecule has 17 heavy (non-hydrogen) atoms. The van der Waals surface area contributed by atoms with E-state index in [0.717, 1.165) is 26.2 Å². The van der Waals surface area contributed by atoms with E-state index in [1.54, 1.807) is 0 Å². The van der Waals surface area contributed by atoms with Crippen molar-refractivity contribution >= 4 is 0 Å². The first-order chi connectivity index (χ1) is 8.22. The van der Waals surface area contributed by atoms with Gasteiger partial charge in [-0.05, 0) is 13.8 Å². The van der Waals surface area contributed by atoms with E-state index in [1.165, 1.54) is 5.69 Å². The van der Waals surface area contributed by atoms with Crippen molar-refractivity contribution in [3.8, 4) is 0 Å². The van der Waals surface area contributed by atoms with Crippen molar-refractivity contribution in [2.24, 2.45) is 0 Å². The van der Waals surface area contributed by atoms with E-state index in [1.807, 2.05) is 19.4 Å². The summed E-state index contributed by atoms with van der Waals surface area (Å²) in [6.45, 7) is 7.77. The molecular formula is C12H21N3O2. The van der Waals surface area contributed by atoms with Gasteiger partial charge in [-0.1, -0.05) is 0 Å². The minimum Gasteiger partial charge on any atom is -0.394 e. The smallest absolute Gasteiger partial charge is 0.0948 e. The van der Waals surface area contributed by atoms with Crippen LogP contribution in [-0.4, -0.2) is 51.5 Å². The van der Waals surface area contributed by atoms with Crippen molar-refractivity contribution in [2.75, 3.05) is 19.7 Å². The molecule has 2 heterocycles. The topological polar surface area (TPSA) is 50.5 Å². The third-order valence-electron chi connectivity index (χ3n) is 3.13. The highest BCUT2D eigenvalue weighted by Gasteiger charge is 2.25. The Kier molecular flexibility index (Phi) is 4.15. The number of aromatic nitrogens is 2. The van der Waals surface area contributed by atoms with Gasteiger partial charge in [0.05, 0.1) is 30.8 Å². The summed E-state index contributed by atoms with van der Waals surface area (Å²) < 4.78 is 7.77. The maximum Gasteiger partial charge on any atom is 0.0948 e.